The summed E-state index contributed by atoms with van der Waals surface area (Å²) in [5, 5.41) is 7.92. The normalized spacial score (nSPS) is 15.8. The first kappa shape index (κ1) is 29.4. The maximum absolute atomic E-state index is 14.4. The van der Waals surface area contributed by atoms with Gasteiger partial charge in [0.2, 0.25) is 0 Å². The average Bonchev–Trinajstić information content (AvgIpc) is 2.92. The molecule has 0 aliphatic carbocycles. The number of nitrogens with one attached hydrogen (secondary N) is 1. The smallest absolute Gasteiger partial charge is 0.416 e. The van der Waals surface area contributed by atoms with E-state index in [-0.39, 0.29) is 47.3 Å². The molecule has 3 aromatic carbocycles. The van der Waals surface area contributed by atoms with E-state index in [2.05, 4.69) is 0 Å². The Balaban J connectivity index is 1.79. The Morgan fingerprint density at radius 1 is 1.18 bits per heavy atom. The fourth-order valence-electron chi connectivity index (χ4n) is 4.24. The van der Waals surface area contributed by atoms with Gasteiger partial charge in [-0.2, -0.15) is 13.2 Å². The number of anilines is 1. The van der Waals surface area contributed by atoms with Gasteiger partial charge in [-0.3, -0.25) is 9.71 Å². The Morgan fingerprint density at radius 2 is 1.90 bits per heavy atom. The number of alkyl halides is 3. The number of ether oxygens (including phenoxy) is 2. The molecule has 0 fully saturated rings. The monoisotopic (exact) mass is 596 g/mol. The molecule has 1 N–H and O–H groups in total. The second-order valence-electron chi connectivity index (χ2n) is 9.11. The fourth-order valence-corrected chi connectivity index (χ4v) is 6.00. The van der Waals surface area contributed by atoms with Crippen LogP contribution in [0.5, 0.6) is 5.75 Å². The standard InChI is InChI=1S/C28H25ClF4N2O4S/c1-17(13-22-23(29)7-4-8-24(22)30)18-9-11-26-25(14-18)35(16-20(39-26)10-12-27(34)38-2)40(36,37)21-6-3-5-19(15-21)28(31,32)33/h3-9,11,13-15,20,34H,10,12,16H2,1-2H3. The minimum atomic E-state index is -4.74. The van der Waals surface area contributed by atoms with Gasteiger partial charge in [-0.1, -0.05) is 29.8 Å². The Labute approximate surface area is 234 Å². The molecule has 1 unspecified atom stereocenters. The molecule has 4 rings (SSSR count). The number of hydrogen-bond donors (Lipinski definition) is 1. The zero-order valence-electron chi connectivity index (χ0n) is 21.4. The van der Waals surface area contributed by atoms with E-state index < -0.39 is 38.6 Å². The summed E-state index contributed by atoms with van der Waals surface area (Å²) in [4.78, 5) is -0.533. The number of allylic oxidation sites excluding steroid dienone is 1. The van der Waals surface area contributed by atoms with Crippen LogP contribution in [0, 0.1) is 11.2 Å². The number of methoxy groups -OCH3 is 1. The SMILES string of the molecule is COC(=N)CCC1CN(S(=O)(=O)c2cccc(C(F)(F)F)c2)c2cc(C(C)=Cc3c(F)cccc3Cl)ccc2O1. The zero-order valence-corrected chi connectivity index (χ0v) is 23.0. The maximum Gasteiger partial charge on any atom is 0.416 e. The summed E-state index contributed by atoms with van der Waals surface area (Å²) in [5.74, 6) is -0.368. The average molecular weight is 597 g/mol. The summed E-state index contributed by atoms with van der Waals surface area (Å²) in [7, 11) is -3.14. The molecule has 0 spiro atoms. The molecule has 1 heterocycles. The van der Waals surface area contributed by atoms with Crippen LogP contribution in [0.1, 0.15) is 36.5 Å². The van der Waals surface area contributed by atoms with Crippen LogP contribution in [0.2, 0.25) is 5.02 Å². The molecule has 0 amide bonds. The summed E-state index contributed by atoms with van der Waals surface area (Å²) in [6.07, 6.45) is -3.53. The van der Waals surface area contributed by atoms with Crippen LogP contribution in [-0.4, -0.2) is 34.1 Å². The van der Waals surface area contributed by atoms with E-state index in [1.165, 1.54) is 37.5 Å². The van der Waals surface area contributed by atoms with Crippen molar-refractivity contribution in [3.8, 4) is 5.75 Å². The van der Waals surface area contributed by atoms with Gasteiger partial charge in [0.15, 0.2) is 5.90 Å². The quantitative estimate of drug-likeness (QED) is 0.133. The molecule has 212 valence electrons. The third kappa shape index (κ3) is 6.26. The highest BCUT2D eigenvalue weighted by molar-refractivity contribution is 7.92. The predicted molar refractivity (Wildman–Crippen MR) is 146 cm³/mol. The molecule has 0 aromatic heterocycles. The zero-order chi connectivity index (χ0) is 29.2. The molecule has 0 saturated heterocycles. The number of fused-ring (bicyclic) bond motifs is 1. The summed E-state index contributed by atoms with van der Waals surface area (Å²) in [6, 6.07) is 12.5. The van der Waals surface area contributed by atoms with E-state index in [0.717, 1.165) is 22.5 Å². The van der Waals surface area contributed by atoms with E-state index in [4.69, 9.17) is 26.5 Å². The number of halogens is 5. The van der Waals surface area contributed by atoms with Gasteiger partial charge in [0.25, 0.3) is 10.0 Å². The van der Waals surface area contributed by atoms with Crippen LogP contribution >= 0.6 is 11.6 Å². The Morgan fingerprint density at radius 3 is 2.58 bits per heavy atom. The number of sulfonamides is 1. The minimum Gasteiger partial charge on any atom is -0.486 e. The predicted octanol–water partition coefficient (Wildman–Crippen LogP) is 7.42. The summed E-state index contributed by atoms with van der Waals surface area (Å²) >= 11 is 6.15. The van der Waals surface area contributed by atoms with Crippen molar-refractivity contribution in [1.29, 1.82) is 5.41 Å². The van der Waals surface area contributed by atoms with Crippen molar-refractivity contribution < 1.29 is 35.5 Å². The molecule has 6 nitrogen and oxygen atoms in total. The second-order valence-corrected chi connectivity index (χ2v) is 11.4. The fraction of sp³-hybridized carbons (Fsp3) is 0.250. The van der Waals surface area contributed by atoms with Crippen molar-refractivity contribution in [2.45, 2.75) is 36.9 Å². The Bertz CT molecular complexity index is 1550. The van der Waals surface area contributed by atoms with Gasteiger partial charge in [-0.25, -0.2) is 12.8 Å². The summed E-state index contributed by atoms with van der Waals surface area (Å²) in [5.41, 5.74) is 0.249. The van der Waals surface area contributed by atoms with Crippen LogP contribution < -0.4 is 9.04 Å². The number of hydrogen-bond acceptors (Lipinski definition) is 5. The Hall–Kier alpha value is -3.57. The lowest BCUT2D eigenvalue weighted by Crippen LogP contribution is -2.43. The van der Waals surface area contributed by atoms with Crippen molar-refractivity contribution in [3.05, 3.63) is 88.2 Å². The van der Waals surface area contributed by atoms with Gasteiger partial charge >= 0.3 is 6.18 Å². The molecular weight excluding hydrogens is 572 g/mol. The van der Waals surface area contributed by atoms with E-state index in [1.807, 2.05) is 0 Å². The molecule has 40 heavy (non-hydrogen) atoms. The highest BCUT2D eigenvalue weighted by atomic mass is 35.5. The van der Waals surface area contributed by atoms with Gasteiger partial charge in [0, 0.05) is 12.0 Å². The van der Waals surface area contributed by atoms with Gasteiger partial charge < -0.3 is 9.47 Å². The first-order valence-electron chi connectivity index (χ1n) is 12.1. The van der Waals surface area contributed by atoms with Crippen molar-refractivity contribution in [1.82, 2.24) is 0 Å². The van der Waals surface area contributed by atoms with E-state index >= 15 is 0 Å². The number of nitrogens with zero attached hydrogens (tertiary/aromatic N) is 1. The first-order chi connectivity index (χ1) is 18.8. The first-order valence-corrected chi connectivity index (χ1v) is 13.9. The highest BCUT2D eigenvalue weighted by Crippen LogP contribution is 2.41. The van der Waals surface area contributed by atoms with Crippen LogP contribution in [0.15, 0.2) is 65.6 Å². The van der Waals surface area contributed by atoms with Crippen LogP contribution in [0.25, 0.3) is 11.6 Å². The van der Waals surface area contributed by atoms with Crippen molar-refractivity contribution in [3.63, 3.8) is 0 Å². The minimum absolute atomic E-state index is 0.0235. The topological polar surface area (TPSA) is 79.7 Å². The third-order valence-corrected chi connectivity index (χ3v) is 8.50. The van der Waals surface area contributed by atoms with E-state index in [1.54, 1.807) is 19.1 Å². The molecule has 0 bridgehead atoms. The van der Waals surface area contributed by atoms with E-state index in [9.17, 15) is 26.0 Å². The molecule has 0 saturated carbocycles. The molecular formula is C28H25ClF4N2O4S. The van der Waals surface area contributed by atoms with Crippen LogP contribution in [0.4, 0.5) is 23.2 Å². The molecule has 0 radical (unpaired) electrons. The lowest BCUT2D eigenvalue weighted by molar-refractivity contribution is -0.137. The lowest BCUT2D eigenvalue weighted by atomic mass is 10.0. The van der Waals surface area contributed by atoms with Crippen molar-refractivity contribution in [2.24, 2.45) is 0 Å². The highest BCUT2D eigenvalue weighted by Gasteiger charge is 2.37. The van der Waals surface area contributed by atoms with Gasteiger partial charge in [0.1, 0.15) is 17.7 Å². The second kappa shape index (κ2) is 11.5. The van der Waals surface area contributed by atoms with E-state index in [0.29, 0.717) is 17.2 Å². The van der Waals surface area contributed by atoms with Crippen molar-refractivity contribution in [2.75, 3.05) is 18.0 Å². The number of benzene rings is 3. The molecule has 1 atom stereocenters. The molecule has 1 aliphatic rings. The van der Waals surface area contributed by atoms with Crippen molar-refractivity contribution >= 4 is 44.9 Å². The molecule has 1 aliphatic heterocycles. The van der Waals surface area contributed by atoms with Gasteiger partial charge in [-0.15, -0.1) is 0 Å². The van der Waals surface area contributed by atoms with Gasteiger partial charge in [-0.05, 0) is 73.0 Å². The Kier molecular flexibility index (Phi) is 8.46. The number of rotatable bonds is 7. The maximum atomic E-state index is 14.4. The largest absolute Gasteiger partial charge is 0.486 e. The van der Waals surface area contributed by atoms with Crippen LogP contribution in [-0.2, 0) is 20.9 Å². The summed E-state index contributed by atoms with van der Waals surface area (Å²) in [6.45, 7) is 1.48. The molecule has 12 heteroatoms. The molecule has 3 aromatic rings. The van der Waals surface area contributed by atoms with Gasteiger partial charge in [0.05, 0.1) is 34.8 Å². The summed E-state index contributed by atoms with van der Waals surface area (Å²) < 4.78 is 94.0. The van der Waals surface area contributed by atoms with Crippen LogP contribution in [0.3, 0.4) is 0 Å². The third-order valence-electron chi connectivity index (χ3n) is 6.40. The lowest BCUT2D eigenvalue weighted by Gasteiger charge is -2.36.